The third kappa shape index (κ3) is 8.47. The van der Waals surface area contributed by atoms with E-state index in [-0.39, 0.29) is 36.8 Å². The summed E-state index contributed by atoms with van der Waals surface area (Å²) in [6.45, 7) is 20.9. The van der Waals surface area contributed by atoms with E-state index in [9.17, 15) is 14.4 Å². The Morgan fingerprint density at radius 3 is 2.45 bits per heavy atom. The highest BCUT2D eigenvalue weighted by Gasteiger charge is 2.55. The van der Waals surface area contributed by atoms with Crippen LogP contribution in [0.2, 0.25) is 5.02 Å². The third-order valence-corrected chi connectivity index (χ3v) is 10.5. The average Bonchev–Trinajstić information content (AvgIpc) is 3.57. The van der Waals surface area contributed by atoms with E-state index >= 15 is 0 Å². The monoisotopic (exact) mass is 693 g/mol. The lowest BCUT2D eigenvalue weighted by atomic mass is 9.77. The van der Waals surface area contributed by atoms with E-state index in [1.807, 2.05) is 33.8 Å². The van der Waals surface area contributed by atoms with Gasteiger partial charge in [-0.25, -0.2) is 14.8 Å². The number of allylic oxidation sites excluding steroid dienone is 1. The molecular formula is C39H52ClN3O6. The molecule has 2 aliphatic carbocycles. The second kappa shape index (κ2) is 14.4. The number of amides is 1. The van der Waals surface area contributed by atoms with Crippen LogP contribution in [0.15, 0.2) is 37.4 Å². The smallest absolute Gasteiger partial charge is 0.329 e. The van der Waals surface area contributed by atoms with Gasteiger partial charge in [0, 0.05) is 10.9 Å². The summed E-state index contributed by atoms with van der Waals surface area (Å²) < 4.78 is 18.4. The number of rotatable bonds is 12. The van der Waals surface area contributed by atoms with Gasteiger partial charge in [0.15, 0.2) is 0 Å². The topological polar surface area (TPSA) is 108 Å². The summed E-state index contributed by atoms with van der Waals surface area (Å²) in [5, 5.41) is 0.509. The van der Waals surface area contributed by atoms with Crippen LogP contribution in [0.3, 0.4) is 0 Å². The van der Waals surface area contributed by atoms with Gasteiger partial charge in [0.2, 0.25) is 11.8 Å². The van der Waals surface area contributed by atoms with Crippen LogP contribution >= 0.6 is 11.6 Å². The van der Waals surface area contributed by atoms with Crippen molar-refractivity contribution in [1.29, 1.82) is 0 Å². The molecule has 0 radical (unpaired) electrons. The Labute approximate surface area is 295 Å². The molecule has 8 atom stereocenters. The first-order valence-corrected chi connectivity index (χ1v) is 18.0. The standard InChI is InChI=1S/C39H52ClN3O6/c1-10-12-13-14-25-26-17-23(26)18-31(25)47-33(44)20-27(38(4,5)6)36(45)43-21-32(22(3)34(43)37(46)49-39(7,8)9)48-35-28(11-2)41-29-16-15-24(40)19-30(29)42-35/h10-11,15-16,19,22-23,25-27,31-32,34H,1-2,12-14,17-18,20-21H2,3-9H3/t22-,23+,25-,26+,27-,31-,32+,34+/m1/s1. The number of nitrogens with zero attached hydrogens (tertiary/aromatic N) is 3. The molecule has 10 heteroatoms. The number of hydrogen-bond donors (Lipinski definition) is 0. The van der Waals surface area contributed by atoms with Crippen LogP contribution in [0.4, 0.5) is 0 Å². The second-order valence-corrected chi connectivity index (χ2v) is 16.6. The minimum Gasteiger partial charge on any atom is -0.471 e. The number of esters is 2. The molecule has 3 fully saturated rings. The Morgan fingerprint density at radius 1 is 1.06 bits per heavy atom. The van der Waals surface area contributed by atoms with E-state index in [2.05, 4.69) is 23.1 Å². The largest absolute Gasteiger partial charge is 0.471 e. The summed E-state index contributed by atoms with van der Waals surface area (Å²) in [5.74, 6) is -0.560. The molecular weight excluding hydrogens is 642 g/mol. The molecule has 5 rings (SSSR count). The van der Waals surface area contributed by atoms with Gasteiger partial charge in [0.1, 0.15) is 29.5 Å². The first-order chi connectivity index (χ1) is 23.0. The number of benzene rings is 1. The zero-order valence-electron chi connectivity index (χ0n) is 30.0. The van der Waals surface area contributed by atoms with Crippen molar-refractivity contribution in [3.05, 3.63) is 48.1 Å². The van der Waals surface area contributed by atoms with Crippen LogP contribution in [0.5, 0.6) is 5.88 Å². The van der Waals surface area contributed by atoms with E-state index in [1.165, 1.54) is 11.3 Å². The van der Waals surface area contributed by atoms with E-state index in [1.54, 1.807) is 45.0 Å². The molecule has 0 spiro atoms. The third-order valence-electron chi connectivity index (χ3n) is 10.3. The molecule has 1 amide bonds. The predicted molar refractivity (Wildman–Crippen MR) is 191 cm³/mol. The Balaban J connectivity index is 1.38. The molecule has 2 heterocycles. The van der Waals surface area contributed by atoms with Gasteiger partial charge in [-0.15, -0.1) is 6.58 Å². The molecule has 9 nitrogen and oxygen atoms in total. The molecule has 49 heavy (non-hydrogen) atoms. The maximum Gasteiger partial charge on any atom is 0.329 e. The highest BCUT2D eigenvalue weighted by Crippen LogP contribution is 2.57. The van der Waals surface area contributed by atoms with Crippen LogP contribution in [-0.4, -0.2) is 63.1 Å². The number of aromatic nitrogens is 2. The van der Waals surface area contributed by atoms with Gasteiger partial charge >= 0.3 is 11.9 Å². The van der Waals surface area contributed by atoms with Crippen molar-refractivity contribution in [3.63, 3.8) is 0 Å². The fourth-order valence-electron chi connectivity index (χ4n) is 7.62. The summed E-state index contributed by atoms with van der Waals surface area (Å²) in [4.78, 5) is 52.8. The van der Waals surface area contributed by atoms with Crippen molar-refractivity contribution in [3.8, 4) is 5.88 Å². The van der Waals surface area contributed by atoms with Crippen molar-refractivity contribution in [2.24, 2.45) is 35.0 Å². The molecule has 2 aromatic rings. The van der Waals surface area contributed by atoms with Crippen LogP contribution in [-0.2, 0) is 23.9 Å². The number of likely N-dealkylation sites (tertiary alicyclic amines) is 1. The molecule has 0 N–H and O–H groups in total. The van der Waals surface area contributed by atoms with Crippen molar-refractivity contribution in [1.82, 2.24) is 14.9 Å². The zero-order valence-corrected chi connectivity index (χ0v) is 30.8. The van der Waals surface area contributed by atoms with Gasteiger partial charge in [0.25, 0.3) is 0 Å². The van der Waals surface area contributed by atoms with Crippen LogP contribution in [0.25, 0.3) is 17.1 Å². The lowest BCUT2D eigenvalue weighted by molar-refractivity contribution is -0.167. The fraction of sp³-hybridized carbons (Fsp3) is 0.615. The summed E-state index contributed by atoms with van der Waals surface area (Å²) in [5.41, 5.74) is 0.234. The highest BCUT2D eigenvalue weighted by molar-refractivity contribution is 6.31. The number of unbranched alkanes of at least 4 members (excludes halogenated alkanes) is 1. The molecule has 1 aromatic heterocycles. The number of fused-ring (bicyclic) bond motifs is 2. The van der Waals surface area contributed by atoms with Crippen molar-refractivity contribution in [2.75, 3.05) is 6.54 Å². The lowest BCUT2D eigenvalue weighted by Gasteiger charge is -2.35. The Bertz CT molecular complexity index is 1600. The number of ether oxygens (including phenoxy) is 3. The van der Waals surface area contributed by atoms with Gasteiger partial charge < -0.3 is 19.1 Å². The van der Waals surface area contributed by atoms with Gasteiger partial charge in [-0.2, -0.15) is 0 Å². The Morgan fingerprint density at radius 2 is 1.80 bits per heavy atom. The number of hydrogen-bond acceptors (Lipinski definition) is 8. The maximum absolute atomic E-state index is 14.6. The van der Waals surface area contributed by atoms with Crippen molar-refractivity contribution < 1.29 is 28.6 Å². The molecule has 3 aliphatic rings. The van der Waals surface area contributed by atoms with Crippen molar-refractivity contribution in [2.45, 2.75) is 111 Å². The van der Waals surface area contributed by atoms with E-state index < -0.39 is 41.0 Å². The summed E-state index contributed by atoms with van der Waals surface area (Å²) in [7, 11) is 0. The van der Waals surface area contributed by atoms with Gasteiger partial charge in [-0.3, -0.25) is 9.59 Å². The molecule has 0 unspecified atom stereocenters. The van der Waals surface area contributed by atoms with E-state index in [0.29, 0.717) is 39.5 Å². The SMILES string of the molecule is C=CCCC[C@@H]1[C@H]2C[C@H]2C[C@H]1OC(=O)C[C@H](C(=O)N1C[C@H](Oc2nc3cc(Cl)ccc3nc2C=C)[C@@H](C)[C@H]1C(=O)OC(C)(C)C)C(C)(C)C. The van der Waals surface area contributed by atoms with Crippen LogP contribution in [0.1, 0.15) is 92.7 Å². The van der Waals surface area contributed by atoms with Crippen LogP contribution < -0.4 is 4.74 Å². The Kier molecular flexibility index (Phi) is 10.8. The maximum atomic E-state index is 14.6. The zero-order chi connectivity index (χ0) is 35.8. The molecule has 1 saturated heterocycles. The summed E-state index contributed by atoms with van der Waals surface area (Å²) in [6, 6.07) is 4.27. The van der Waals surface area contributed by atoms with E-state index in [0.717, 1.165) is 25.7 Å². The first-order valence-electron chi connectivity index (χ1n) is 17.6. The van der Waals surface area contributed by atoms with Crippen molar-refractivity contribution >= 4 is 46.6 Å². The molecule has 1 aromatic carbocycles. The summed E-state index contributed by atoms with van der Waals surface area (Å²) >= 11 is 6.23. The van der Waals surface area contributed by atoms with Gasteiger partial charge in [-0.05, 0) is 100 Å². The Hall–Kier alpha value is -3.46. The second-order valence-electron chi connectivity index (χ2n) is 16.2. The quantitative estimate of drug-likeness (QED) is 0.126. The predicted octanol–water partition coefficient (Wildman–Crippen LogP) is 7.84. The fourth-order valence-corrected chi connectivity index (χ4v) is 7.79. The normalized spacial score (nSPS) is 26.9. The minimum absolute atomic E-state index is 0.0808. The van der Waals surface area contributed by atoms with Gasteiger partial charge in [0.05, 0.1) is 29.9 Å². The number of halogens is 1. The van der Waals surface area contributed by atoms with Crippen LogP contribution in [0, 0.1) is 35.0 Å². The minimum atomic E-state index is -0.941. The van der Waals surface area contributed by atoms with Gasteiger partial charge in [-0.1, -0.05) is 52.0 Å². The lowest BCUT2D eigenvalue weighted by Crippen LogP contribution is -2.50. The molecule has 2 saturated carbocycles. The molecule has 266 valence electrons. The number of carbonyl (C=O) groups is 3. The summed E-state index contributed by atoms with van der Waals surface area (Å²) in [6.07, 6.45) is 7.77. The molecule has 0 bridgehead atoms. The number of carbonyl (C=O) groups excluding carboxylic acids is 3. The molecule has 1 aliphatic heterocycles. The first kappa shape index (κ1) is 36.8. The van der Waals surface area contributed by atoms with E-state index in [4.69, 9.17) is 25.8 Å². The average molecular weight is 694 g/mol. The highest BCUT2D eigenvalue weighted by atomic mass is 35.5.